The van der Waals surface area contributed by atoms with Gasteiger partial charge in [-0.3, -0.25) is 10.1 Å². The summed E-state index contributed by atoms with van der Waals surface area (Å²) in [5.41, 5.74) is 0.684. The number of nitriles is 1. The minimum atomic E-state index is -0.331. The van der Waals surface area contributed by atoms with Crippen molar-refractivity contribution in [3.8, 4) is 17.6 Å². The van der Waals surface area contributed by atoms with Crippen LogP contribution in [0.1, 0.15) is 43.7 Å². The van der Waals surface area contributed by atoms with Gasteiger partial charge in [-0.2, -0.15) is 5.26 Å². The van der Waals surface area contributed by atoms with Gasteiger partial charge in [0, 0.05) is 17.0 Å². The molecule has 0 fully saturated rings. The van der Waals surface area contributed by atoms with Gasteiger partial charge >= 0.3 is 0 Å². The highest BCUT2D eigenvalue weighted by atomic mass is 32.1. The Morgan fingerprint density at radius 3 is 2.60 bits per heavy atom. The van der Waals surface area contributed by atoms with Gasteiger partial charge in [-0.25, -0.2) is 4.98 Å². The van der Waals surface area contributed by atoms with E-state index in [-0.39, 0.29) is 17.7 Å². The lowest BCUT2D eigenvalue weighted by atomic mass is 10.2. The van der Waals surface area contributed by atoms with Gasteiger partial charge in [-0.15, -0.1) is 11.3 Å². The molecule has 132 valence electrons. The van der Waals surface area contributed by atoms with E-state index in [0.29, 0.717) is 34.7 Å². The zero-order valence-electron chi connectivity index (χ0n) is 14.7. The molecule has 2 rings (SSSR count). The first-order chi connectivity index (χ1) is 11.9. The van der Waals surface area contributed by atoms with Crippen molar-refractivity contribution in [2.24, 2.45) is 5.92 Å². The monoisotopic (exact) mass is 359 g/mol. The number of aromatic nitrogens is 1. The van der Waals surface area contributed by atoms with Crippen molar-refractivity contribution in [2.45, 2.75) is 33.8 Å². The van der Waals surface area contributed by atoms with Gasteiger partial charge in [0.2, 0.25) is 0 Å². The number of nitrogens with zero attached hydrogens (tertiary/aromatic N) is 2. The van der Waals surface area contributed by atoms with Crippen molar-refractivity contribution < 1.29 is 14.3 Å². The zero-order chi connectivity index (χ0) is 18.4. The molecule has 7 heteroatoms. The predicted molar refractivity (Wildman–Crippen MR) is 97.3 cm³/mol. The standard InChI is InChI=1S/C18H21N3O3S/c1-11(2)9-23-15-5-13(6-16(7-15)24-12(3)4)17(22)21-18-20-14(8-19)10-25-18/h5-7,10-12H,9H2,1-4H3,(H,20,21,22). The normalized spacial score (nSPS) is 10.6. The molecule has 0 saturated heterocycles. The van der Waals surface area contributed by atoms with E-state index in [1.165, 1.54) is 11.3 Å². The molecule has 1 aromatic heterocycles. The number of nitrogens with one attached hydrogen (secondary N) is 1. The highest BCUT2D eigenvalue weighted by molar-refractivity contribution is 7.14. The van der Waals surface area contributed by atoms with Crippen molar-refractivity contribution in [3.05, 3.63) is 34.8 Å². The van der Waals surface area contributed by atoms with E-state index in [2.05, 4.69) is 24.1 Å². The van der Waals surface area contributed by atoms with Crippen molar-refractivity contribution >= 4 is 22.4 Å². The molecule has 0 aliphatic heterocycles. The van der Waals surface area contributed by atoms with Gasteiger partial charge in [0.1, 0.15) is 17.6 Å². The number of thiazole rings is 1. The fraction of sp³-hybridized carbons (Fsp3) is 0.389. The van der Waals surface area contributed by atoms with Crippen LogP contribution in [-0.2, 0) is 0 Å². The molecular formula is C18H21N3O3S. The van der Waals surface area contributed by atoms with E-state index in [9.17, 15) is 4.79 Å². The summed E-state index contributed by atoms with van der Waals surface area (Å²) in [7, 11) is 0. The van der Waals surface area contributed by atoms with Gasteiger partial charge in [0.05, 0.1) is 12.7 Å². The number of hydrogen-bond acceptors (Lipinski definition) is 6. The molecule has 2 aromatic rings. The summed E-state index contributed by atoms with van der Waals surface area (Å²) < 4.78 is 11.4. The van der Waals surface area contributed by atoms with Crippen molar-refractivity contribution in [1.29, 1.82) is 5.26 Å². The lowest BCUT2D eigenvalue weighted by Gasteiger charge is -2.15. The fourth-order valence-electron chi connectivity index (χ4n) is 1.94. The second-order valence-corrected chi connectivity index (χ2v) is 7.03. The topological polar surface area (TPSA) is 84.2 Å². The Kier molecular flexibility index (Phi) is 6.37. The maximum atomic E-state index is 12.5. The number of carbonyl (C=O) groups excluding carboxylic acids is 1. The molecule has 1 heterocycles. The molecule has 6 nitrogen and oxygen atoms in total. The van der Waals surface area contributed by atoms with Crippen LogP contribution in [0.2, 0.25) is 0 Å². The zero-order valence-corrected chi connectivity index (χ0v) is 15.5. The Bertz CT molecular complexity index is 778. The molecule has 0 bridgehead atoms. The summed E-state index contributed by atoms with van der Waals surface area (Å²) in [5.74, 6) is 1.18. The molecule has 0 unspecified atom stereocenters. The van der Waals surface area contributed by atoms with E-state index in [0.717, 1.165) is 0 Å². The Hall–Kier alpha value is -2.59. The predicted octanol–water partition coefficient (Wildman–Crippen LogP) is 4.09. The second-order valence-electron chi connectivity index (χ2n) is 6.17. The van der Waals surface area contributed by atoms with Crippen molar-refractivity contribution in [1.82, 2.24) is 4.98 Å². The van der Waals surface area contributed by atoms with Crippen LogP contribution in [0, 0.1) is 17.2 Å². The van der Waals surface area contributed by atoms with Crippen LogP contribution < -0.4 is 14.8 Å². The van der Waals surface area contributed by atoms with E-state index in [1.807, 2.05) is 19.9 Å². The first kappa shape index (κ1) is 18.7. The quantitative estimate of drug-likeness (QED) is 0.805. The van der Waals surface area contributed by atoms with Crippen LogP contribution >= 0.6 is 11.3 Å². The number of benzene rings is 1. The first-order valence-corrected chi connectivity index (χ1v) is 8.87. The smallest absolute Gasteiger partial charge is 0.257 e. The lowest BCUT2D eigenvalue weighted by Crippen LogP contribution is -2.14. The summed E-state index contributed by atoms with van der Waals surface area (Å²) in [6, 6.07) is 7.04. The van der Waals surface area contributed by atoms with E-state index in [4.69, 9.17) is 14.7 Å². The molecule has 25 heavy (non-hydrogen) atoms. The molecule has 0 radical (unpaired) electrons. The molecule has 0 saturated carbocycles. The summed E-state index contributed by atoms with van der Waals surface area (Å²) in [6.45, 7) is 8.49. The first-order valence-electron chi connectivity index (χ1n) is 7.99. The van der Waals surface area contributed by atoms with Gasteiger partial charge < -0.3 is 9.47 Å². The van der Waals surface area contributed by atoms with Crippen molar-refractivity contribution in [2.75, 3.05) is 11.9 Å². The second kappa shape index (κ2) is 8.49. The SMILES string of the molecule is CC(C)COc1cc(OC(C)C)cc(C(=O)Nc2nc(C#N)cs2)c1. The minimum Gasteiger partial charge on any atom is -0.493 e. The Balaban J connectivity index is 2.22. The molecule has 0 aliphatic carbocycles. The Morgan fingerprint density at radius 1 is 1.28 bits per heavy atom. The number of ether oxygens (including phenoxy) is 2. The third-order valence-electron chi connectivity index (χ3n) is 2.94. The number of anilines is 1. The summed E-state index contributed by atoms with van der Waals surface area (Å²) in [6.07, 6.45) is -0.0200. The largest absolute Gasteiger partial charge is 0.493 e. The third kappa shape index (κ3) is 5.76. The number of rotatable bonds is 7. The molecule has 1 amide bonds. The Labute approximate surface area is 151 Å². The maximum Gasteiger partial charge on any atom is 0.257 e. The van der Waals surface area contributed by atoms with Gasteiger partial charge in [0.15, 0.2) is 10.8 Å². The molecule has 0 spiro atoms. The molecule has 1 N–H and O–H groups in total. The Morgan fingerprint density at radius 2 is 2.00 bits per heavy atom. The van der Waals surface area contributed by atoms with Crippen LogP contribution in [0.25, 0.3) is 0 Å². The van der Waals surface area contributed by atoms with Gasteiger partial charge in [0.25, 0.3) is 5.91 Å². The summed E-state index contributed by atoms with van der Waals surface area (Å²) in [4.78, 5) is 16.5. The van der Waals surface area contributed by atoms with Crippen LogP contribution in [0.15, 0.2) is 23.6 Å². The van der Waals surface area contributed by atoms with Crippen molar-refractivity contribution in [3.63, 3.8) is 0 Å². The van der Waals surface area contributed by atoms with E-state index < -0.39 is 0 Å². The molecule has 0 atom stereocenters. The molecule has 0 aliphatic rings. The average Bonchev–Trinajstić information content (AvgIpc) is 2.99. The fourth-order valence-corrected chi connectivity index (χ4v) is 2.57. The highest BCUT2D eigenvalue weighted by Gasteiger charge is 2.13. The highest BCUT2D eigenvalue weighted by Crippen LogP contribution is 2.25. The third-order valence-corrected chi connectivity index (χ3v) is 3.69. The molecule has 1 aromatic carbocycles. The van der Waals surface area contributed by atoms with Gasteiger partial charge in [-0.05, 0) is 31.9 Å². The number of carbonyl (C=O) groups is 1. The maximum absolute atomic E-state index is 12.5. The lowest BCUT2D eigenvalue weighted by molar-refractivity contribution is 0.102. The molecular weight excluding hydrogens is 338 g/mol. The van der Waals surface area contributed by atoms with E-state index in [1.54, 1.807) is 23.6 Å². The van der Waals surface area contributed by atoms with Crippen LogP contribution in [0.3, 0.4) is 0 Å². The van der Waals surface area contributed by atoms with Crippen LogP contribution in [-0.4, -0.2) is 23.6 Å². The number of amides is 1. The average molecular weight is 359 g/mol. The van der Waals surface area contributed by atoms with E-state index >= 15 is 0 Å². The number of hydrogen-bond donors (Lipinski definition) is 1. The van der Waals surface area contributed by atoms with Crippen LogP contribution in [0.4, 0.5) is 5.13 Å². The summed E-state index contributed by atoms with van der Waals surface area (Å²) >= 11 is 1.20. The summed E-state index contributed by atoms with van der Waals surface area (Å²) in [5, 5.41) is 13.5. The van der Waals surface area contributed by atoms with Gasteiger partial charge in [-0.1, -0.05) is 13.8 Å². The van der Waals surface area contributed by atoms with Crippen LogP contribution in [0.5, 0.6) is 11.5 Å². The minimum absolute atomic E-state index is 0.0200.